The van der Waals surface area contributed by atoms with Crippen LogP contribution in [0.2, 0.25) is 0 Å². The third-order valence-corrected chi connectivity index (χ3v) is 4.47. The number of halogens is 1. The number of likely N-dealkylation sites (N-methyl/N-ethyl adjacent to an activating group) is 1. The minimum absolute atomic E-state index is 0.00695. The van der Waals surface area contributed by atoms with Gasteiger partial charge in [-0.2, -0.15) is 5.10 Å². The summed E-state index contributed by atoms with van der Waals surface area (Å²) in [6, 6.07) is 7.43. The standard InChI is InChI=1S/C18H15FN6O4/c1-20-16(26)14-8-24(18(28)29-14)11-3-4-12(13(19)6-11)10-2-5-15(21-7-10)25-9-22-23-17(25)27/h2-7,9,14H,8H2,1H3,(H,20,26)(H,23,27)/t14-/m1/s1. The fourth-order valence-corrected chi connectivity index (χ4v) is 2.98. The Labute approximate surface area is 162 Å². The number of anilines is 1. The number of pyridine rings is 1. The van der Waals surface area contributed by atoms with Crippen molar-refractivity contribution in [1.29, 1.82) is 0 Å². The van der Waals surface area contributed by atoms with E-state index in [-0.39, 0.29) is 17.8 Å². The first-order chi connectivity index (χ1) is 14.0. The van der Waals surface area contributed by atoms with Crippen LogP contribution >= 0.6 is 0 Å². The third-order valence-electron chi connectivity index (χ3n) is 4.47. The molecule has 0 radical (unpaired) electrons. The largest absolute Gasteiger partial charge is 0.434 e. The molecule has 1 fully saturated rings. The summed E-state index contributed by atoms with van der Waals surface area (Å²) in [6.45, 7) is -0.00695. The van der Waals surface area contributed by atoms with Gasteiger partial charge < -0.3 is 10.1 Å². The van der Waals surface area contributed by atoms with E-state index in [9.17, 15) is 18.8 Å². The van der Waals surface area contributed by atoms with Gasteiger partial charge in [0.15, 0.2) is 6.10 Å². The number of cyclic esters (lactones) is 1. The number of hydrogen-bond donors (Lipinski definition) is 2. The lowest BCUT2D eigenvalue weighted by Gasteiger charge is -2.14. The third kappa shape index (κ3) is 3.33. The van der Waals surface area contributed by atoms with Crippen LogP contribution < -0.4 is 15.9 Å². The maximum absolute atomic E-state index is 14.7. The molecule has 0 saturated carbocycles. The number of nitrogens with one attached hydrogen (secondary N) is 2. The van der Waals surface area contributed by atoms with E-state index in [4.69, 9.17) is 4.74 Å². The van der Waals surface area contributed by atoms with E-state index in [1.807, 2.05) is 0 Å². The zero-order valence-electron chi connectivity index (χ0n) is 15.1. The lowest BCUT2D eigenvalue weighted by molar-refractivity contribution is -0.127. The molecule has 3 heterocycles. The monoisotopic (exact) mass is 398 g/mol. The Morgan fingerprint density at radius 3 is 2.76 bits per heavy atom. The number of aromatic nitrogens is 4. The van der Waals surface area contributed by atoms with Crippen molar-refractivity contribution >= 4 is 17.7 Å². The highest BCUT2D eigenvalue weighted by molar-refractivity contribution is 5.95. The molecule has 148 valence electrons. The highest BCUT2D eigenvalue weighted by Gasteiger charge is 2.36. The summed E-state index contributed by atoms with van der Waals surface area (Å²) in [6.07, 6.45) is 1.06. The lowest BCUT2D eigenvalue weighted by Crippen LogP contribution is -2.35. The summed E-state index contributed by atoms with van der Waals surface area (Å²) < 4.78 is 20.9. The van der Waals surface area contributed by atoms with Crippen molar-refractivity contribution in [3.63, 3.8) is 0 Å². The molecule has 1 aliphatic heterocycles. The summed E-state index contributed by atoms with van der Waals surface area (Å²) in [5, 5.41) is 8.30. The maximum atomic E-state index is 14.7. The van der Waals surface area contributed by atoms with Gasteiger partial charge in [0.1, 0.15) is 18.0 Å². The molecular weight excluding hydrogens is 383 g/mol. The molecule has 1 atom stereocenters. The van der Waals surface area contributed by atoms with Gasteiger partial charge in [0, 0.05) is 24.4 Å². The van der Waals surface area contributed by atoms with E-state index in [2.05, 4.69) is 20.5 Å². The van der Waals surface area contributed by atoms with Crippen LogP contribution in [0.3, 0.4) is 0 Å². The van der Waals surface area contributed by atoms with Crippen LogP contribution in [0, 0.1) is 5.82 Å². The SMILES string of the molecule is CNC(=O)[C@H]1CN(c2ccc(-c3ccc(-n4cn[nH]c4=O)nc3)c(F)c2)C(=O)O1. The highest BCUT2D eigenvalue weighted by atomic mass is 19.1. The number of carbonyl (C=O) groups is 2. The van der Waals surface area contributed by atoms with Crippen molar-refractivity contribution in [1.82, 2.24) is 25.1 Å². The number of benzene rings is 1. The molecule has 0 unspecified atom stereocenters. The van der Waals surface area contributed by atoms with Crippen molar-refractivity contribution < 1.29 is 18.7 Å². The van der Waals surface area contributed by atoms with Crippen LogP contribution in [-0.4, -0.2) is 51.4 Å². The second-order valence-electron chi connectivity index (χ2n) is 6.20. The number of amides is 2. The van der Waals surface area contributed by atoms with Gasteiger partial charge in [-0.1, -0.05) is 0 Å². The molecule has 1 aromatic carbocycles. The summed E-state index contributed by atoms with van der Waals surface area (Å²) in [5.41, 5.74) is 0.592. The van der Waals surface area contributed by atoms with Gasteiger partial charge in [-0.05, 0) is 30.3 Å². The summed E-state index contributed by atoms with van der Waals surface area (Å²) >= 11 is 0. The normalized spacial score (nSPS) is 16.0. The van der Waals surface area contributed by atoms with Crippen LogP contribution in [0.25, 0.3) is 16.9 Å². The van der Waals surface area contributed by atoms with Crippen molar-refractivity contribution in [2.75, 3.05) is 18.5 Å². The van der Waals surface area contributed by atoms with E-state index in [1.54, 1.807) is 18.2 Å². The number of H-pyrrole nitrogens is 1. The second kappa shape index (κ2) is 7.19. The van der Waals surface area contributed by atoms with Gasteiger partial charge in [0.05, 0.1) is 12.2 Å². The van der Waals surface area contributed by atoms with Crippen LogP contribution in [-0.2, 0) is 9.53 Å². The smallest absolute Gasteiger partial charge is 0.415 e. The highest BCUT2D eigenvalue weighted by Crippen LogP contribution is 2.29. The number of hydrogen-bond acceptors (Lipinski definition) is 6. The number of nitrogens with zero attached hydrogens (tertiary/aromatic N) is 4. The zero-order chi connectivity index (χ0) is 20.5. The molecular formula is C18H15FN6O4. The van der Waals surface area contributed by atoms with Gasteiger partial charge >= 0.3 is 11.8 Å². The van der Waals surface area contributed by atoms with Crippen LogP contribution in [0.1, 0.15) is 0 Å². The summed E-state index contributed by atoms with van der Waals surface area (Å²) in [4.78, 5) is 40.6. The topological polar surface area (TPSA) is 122 Å². The Kier molecular flexibility index (Phi) is 4.55. The van der Waals surface area contributed by atoms with E-state index >= 15 is 0 Å². The Bertz CT molecular complexity index is 1140. The molecule has 11 heteroatoms. The van der Waals surface area contributed by atoms with Crippen molar-refractivity contribution in [2.45, 2.75) is 6.10 Å². The quantitative estimate of drug-likeness (QED) is 0.671. The minimum Gasteiger partial charge on any atom is -0.434 e. The maximum Gasteiger partial charge on any atom is 0.415 e. The molecule has 4 rings (SSSR count). The predicted octanol–water partition coefficient (Wildman–Crippen LogP) is 0.833. The number of carbonyl (C=O) groups excluding carboxylic acids is 2. The minimum atomic E-state index is -0.946. The molecule has 29 heavy (non-hydrogen) atoms. The van der Waals surface area contributed by atoms with E-state index < -0.39 is 29.6 Å². The van der Waals surface area contributed by atoms with Gasteiger partial charge in [-0.3, -0.25) is 9.69 Å². The van der Waals surface area contributed by atoms with Gasteiger partial charge in [0.2, 0.25) is 0 Å². The molecule has 1 saturated heterocycles. The Morgan fingerprint density at radius 1 is 1.31 bits per heavy atom. The molecule has 0 bridgehead atoms. The molecule has 0 aliphatic carbocycles. The molecule has 10 nitrogen and oxygen atoms in total. The molecule has 2 amide bonds. The number of rotatable bonds is 4. The van der Waals surface area contributed by atoms with E-state index in [0.29, 0.717) is 11.4 Å². The lowest BCUT2D eigenvalue weighted by atomic mass is 10.1. The van der Waals surface area contributed by atoms with Crippen molar-refractivity contribution in [3.05, 3.63) is 59.2 Å². The van der Waals surface area contributed by atoms with Gasteiger partial charge in [0.25, 0.3) is 5.91 Å². The molecule has 2 N–H and O–H groups in total. The van der Waals surface area contributed by atoms with Crippen molar-refractivity contribution in [3.8, 4) is 16.9 Å². The molecule has 2 aromatic heterocycles. The Hall–Kier alpha value is -4.02. The predicted molar refractivity (Wildman–Crippen MR) is 99.1 cm³/mol. The van der Waals surface area contributed by atoms with Gasteiger partial charge in [-0.25, -0.2) is 28.6 Å². The fourth-order valence-electron chi connectivity index (χ4n) is 2.98. The first-order valence-electron chi connectivity index (χ1n) is 8.56. The average molecular weight is 398 g/mol. The van der Waals surface area contributed by atoms with Crippen LogP contribution in [0.15, 0.2) is 47.7 Å². The summed E-state index contributed by atoms with van der Waals surface area (Å²) in [7, 11) is 1.44. The summed E-state index contributed by atoms with van der Waals surface area (Å²) in [5.74, 6) is -0.667. The zero-order valence-corrected chi connectivity index (χ0v) is 15.1. The van der Waals surface area contributed by atoms with E-state index in [1.165, 1.54) is 41.2 Å². The molecule has 1 aliphatic rings. The second-order valence-corrected chi connectivity index (χ2v) is 6.20. The number of aromatic amines is 1. The Balaban J connectivity index is 1.58. The average Bonchev–Trinajstić information content (AvgIpc) is 3.33. The van der Waals surface area contributed by atoms with E-state index in [0.717, 1.165) is 0 Å². The Morgan fingerprint density at radius 2 is 2.14 bits per heavy atom. The van der Waals surface area contributed by atoms with Gasteiger partial charge in [-0.15, -0.1) is 0 Å². The number of ether oxygens (including phenoxy) is 1. The first-order valence-corrected chi connectivity index (χ1v) is 8.56. The first kappa shape index (κ1) is 18.3. The van der Waals surface area contributed by atoms with Crippen molar-refractivity contribution in [2.24, 2.45) is 0 Å². The van der Waals surface area contributed by atoms with Crippen LogP contribution in [0.5, 0.6) is 0 Å². The fraction of sp³-hybridized carbons (Fsp3) is 0.167. The van der Waals surface area contributed by atoms with Crippen LogP contribution in [0.4, 0.5) is 14.9 Å². The molecule has 0 spiro atoms. The molecule has 3 aromatic rings.